The number of nitrogens with one attached hydrogen (secondary N) is 2. The third kappa shape index (κ3) is 5.61. The first-order valence-electron chi connectivity index (χ1n) is 10.2. The second-order valence-corrected chi connectivity index (χ2v) is 8.10. The smallest absolute Gasteiger partial charge is 0.319 e. The molecule has 0 saturated carbocycles. The van der Waals surface area contributed by atoms with Crippen molar-refractivity contribution in [1.29, 1.82) is 0 Å². The molecule has 4 rings (SSSR count). The highest BCUT2D eigenvalue weighted by Gasteiger charge is 2.19. The molecule has 0 fully saturated rings. The van der Waals surface area contributed by atoms with Crippen LogP contribution in [-0.2, 0) is 13.5 Å². The summed E-state index contributed by atoms with van der Waals surface area (Å²) >= 11 is 12.6. The lowest BCUT2D eigenvalue weighted by Crippen LogP contribution is -2.32. The standard InChI is InChI=1S/C21H21Cl2N9O2/c1-13(19-26-12-28-32(19)20-24-5-3-6-25-20)29-21(33)30-17-9-18(16(23)8-15(17)22)34-7-4-14-10-27-31(2)11-14/h3,5-6,8-13H,4,7H2,1-2H3,(H2,29,30,33)/t13-/m0/s1. The molecule has 0 aliphatic rings. The van der Waals surface area contributed by atoms with E-state index in [0.29, 0.717) is 41.3 Å². The number of aromatic nitrogens is 7. The summed E-state index contributed by atoms with van der Waals surface area (Å²) in [5.41, 5.74) is 1.38. The summed E-state index contributed by atoms with van der Waals surface area (Å²) in [5, 5.41) is 14.4. The van der Waals surface area contributed by atoms with Gasteiger partial charge in [-0.05, 0) is 24.6 Å². The number of carbonyl (C=O) groups excluding carboxylic acids is 1. The zero-order chi connectivity index (χ0) is 24.1. The molecule has 0 unspecified atom stereocenters. The number of halogens is 2. The van der Waals surface area contributed by atoms with E-state index in [1.54, 1.807) is 42.3 Å². The number of carbonyl (C=O) groups is 1. The minimum atomic E-state index is -0.507. The van der Waals surface area contributed by atoms with Gasteiger partial charge in [-0.1, -0.05) is 23.2 Å². The molecule has 0 spiro atoms. The molecule has 3 heterocycles. The molecule has 1 atom stereocenters. The number of amides is 2. The number of rotatable bonds is 8. The van der Waals surface area contributed by atoms with Crippen LogP contribution in [0.25, 0.3) is 5.95 Å². The van der Waals surface area contributed by atoms with E-state index in [-0.39, 0.29) is 5.02 Å². The zero-order valence-corrected chi connectivity index (χ0v) is 19.8. The summed E-state index contributed by atoms with van der Waals surface area (Å²) in [4.78, 5) is 25.2. The lowest BCUT2D eigenvalue weighted by atomic mass is 10.2. The average Bonchev–Trinajstić information content (AvgIpc) is 3.46. The molecule has 0 aliphatic heterocycles. The van der Waals surface area contributed by atoms with E-state index in [0.717, 1.165) is 5.56 Å². The van der Waals surface area contributed by atoms with Gasteiger partial charge in [-0.2, -0.15) is 14.9 Å². The Morgan fingerprint density at radius 3 is 2.68 bits per heavy atom. The van der Waals surface area contributed by atoms with Gasteiger partial charge in [-0.3, -0.25) is 4.68 Å². The van der Waals surface area contributed by atoms with Gasteiger partial charge in [-0.25, -0.2) is 19.7 Å². The van der Waals surface area contributed by atoms with Crippen molar-refractivity contribution in [2.45, 2.75) is 19.4 Å². The molecule has 0 aliphatic carbocycles. The molecule has 176 valence electrons. The van der Waals surface area contributed by atoms with Crippen LogP contribution >= 0.6 is 23.2 Å². The van der Waals surface area contributed by atoms with Gasteiger partial charge >= 0.3 is 6.03 Å². The van der Waals surface area contributed by atoms with E-state index < -0.39 is 12.1 Å². The molecule has 3 aromatic heterocycles. The normalized spacial score (nSPS) is 11.8. The third-order valence-corrected chi connectivity index (χ3v) is 5.34. The number of nitrogens with zero attached hydrogens (tertiary/aromatic N) is 7. The predicted molar refractivity (Wildman–Crippen MR) is 126 cm³/mol. The van der Waals surface area contributed by atoms with Crippen LogP contribution in [0.2, 0.25) is 10.0 Å². The summed E-state index contributed by atoms with van der Waals surface area (Å²) in [5.74, 6) is 1.21. The topological polar surface area (TPSA) is 125 Å². The second-order valence-electron chi connectivity index (χ2n) is 7.28. The third-order valence-electron chi connectivity index (χ3n) is 4.73. The van der Waals surface area contributed by atoms with Gasteiger partial charge in [0.05, 0.1) is 34.6 Å². The maximum absolute atomic E-state index is 12.7. The summed E-state index contributed by atoms with van der Waals surface area (Å²) in [6.45, 7) is 2.15. The zero-order valence-electron chi connectivity index (χ0n) is 18.3. The Bertz CT molecular complexity index is 1280. The van der Waals surface area contributed by atoms with Crippen molar-refractivity contribution in [3.05, 3.63) is 70.7 Å². The van der Waals surface area contributed by atoms with Gasteiger partial charge in [0.2, 0.25) is 0 Å². The minimum absolute atomic E-state index is 0.272. The van der Waals surface area contributed by atoms with E-state index in [2.05, 4.69) is 35.8 Å². The van der Waals surface area contributed by atoms with Gasteiger partial charge in [0.15, 0.2) is 5.82 Å². The van der Waals surface area contributed by atoms with Crippen LogP contribution in [0.3, 0.4) is 0 Å². The Balaban J connectivity index is 1.40. The van der Waals surface area contributed by atoms with Gasteiger partial charge < -0.3 is 15.4 Å². The molecule has 11 nitrogen and oxygen atoms in total. The van der Waals surface area contributed by atoms with E-state index >= 15 is 0 Å². The summed E-state index contributed by atoms with van der Waals surface area (Å²) in [6, 6.07) is 3.79. The van der Waals surface area contributed by atoms with E-state index in [1.807, 2.05) is 13.2 Å². The Hall–Kier alpha value is -3.70. The molecule has 1 aromatic carbocycles. The van der Waals surface area contributed by atoms with Crippen molar-refractivity contribution >= 4 is 34.9 Å². The maximum atomic E-state index is 12.7. The fraction of sp³-hybridized carbons (Fsp3) is 0.238. The molecule has 0 radical (unpaired) electrons. The molecule has 13 heteroatoms. The number of anilines is 1. The second kappa shape index (κ2) is 10.5. The molecular formula is C21H21Cl2N9O2. The fourth-order valence-corrected chi connectivity index (χ4v) is 3.62. The van der Waals surface area contributed by atoms with Gasteiger partial charge in [0, 0.05) is 38.1 Å². The highest BCUT2D eigenvalue weighted by atomic mass is 35.5. The minimum Gasteiger partial charge on any atom is -0.492 e. The van der Waals surface area contributed by atoms with Crippen LogP contribution < -0.4 is 15.4 Å². The first-order valence-corrected chi connectivity index (χ1v) is 11.0. The van der Waals surface area contributed by atoms with Crippen molar-refractivity contribution in [2.75, 3.05) is 11.9 Å². The Morgan fingerprint density at radius 1 is 1.15 bits per heavy atom. The van der Waals surface area contributed by atoms with Crippen molar-refractivity contribution in [1.82, 2.24) is 39.8 Å². The van der Waals surface area contributed by atoms with E-state index in [4.69, 9.17) is 27.9 Å². The van der Waals surface area contributed by atoms with Crippen molar-refractivity contribution in [3.8, 4) is 11.7 Å². The Labute approximate surface area is 205 Å². The van der Waals surface area contributed by atoms with Crippen LogP contribution in [0.15, 0.2) is 49.3 Å². The van der Waals surface area contributed by atoms with Crippen molar-refractivity contribution in [2.24, 2.45) is 7.05 Å². The Morgan fingerprint density at radius 2 is 1.94 bits per heavy atom. The first-order chi connectivity index (χ1) is 16.4. The molecule has 0 saturated heterocycles. The van der Waals surface area contributed by atoms with Crippen LogP contribution in [0.5, 0.6) is 5.75 Å². The monoisotopic (exact) mass is 501 g/mol. The number of urea groups is 1. The molecule has 2 amide bonds. The summed E-state index contributed by atoms with van der Waals surface area (Å²) in [7, 11) is 1.85. The van der Waals surface area contributed by atoms with E-state index in [1.165, 1.54) is 17.1 Å². The average molecular weight is 502 g/mol. The number of hydrogen-bond donors (Lipinski definition) is 2. The quantitative estimate of drug-likeness (QED) is 0.377. The molecule has 4 aromatic rings. The number of ether oxygens (including phenoxy) is 1. The highest BCUT2D eigenvalue weighted by Crippen LogP contribution is 2.34. The molecule has 0 bridgehead atoms. The SMILES string of the molecule is C[C@H](NC(=O)Nc1cc(OCCc2cnn(C)c2)c(Cl)cc1Cl)c1ncnn1-c1ncccn1. The molecular weight excluding hydrogens is 481 g/mol. The lowest BCUT2D eigenvalue weighted by molar-refractivity contribution is 0.248. The van der Waals surface area contributed by atoms with Gasteiger partial charge in [0.25, 0.3) is 5.95 Å². The summed E-state index contributed by atoms with van der Waals surface area (Å²) in [6.07, 6.45) is 8.90. The van der Waals surface area contributed by atoms with Crippen molar-refractivity contribution < 1.29 is 9.53 Å². The highest BCUT2D eigenvalue weighted by molar-refractivity contribution is 6.37. The largest absolute Gasteiger partial charge is 0.492 e. The number of aryl methyl sites for hydroxylation is 1. The maximum Gasteiger partial charge on any atom is 0.319 e. The van der Waals surface area contributed by atoms with Crippen LogP contribution in [0.4, 0.5) is 10.5 Å². The van der Waals surface area contributed by atoms with Crippen molar-refractivity contribution in [3.63, 3.8) is 0 Å². The Kier molecular flexibility index (Phi) is 7.24. The lowest BCUT2D eigenvalue weighted by Gasteiger charge is -2.16. The summed E-state index contributed by atoms with van der Waals surface area (Å²) < 4.78 is 8.97. The fourth-order valence-electron chi connectivity index (χ4n) is 3.14. The first kappa shape index (κ1) is 23.5. The van der Waals surface area contributed by atoms with Gasteiger partial charge in [0.1, 0.15) is 12.1 Å². The van der Waals surface area contributed by atoms with Crippen LogP contribution in [0.1, 0.15) is 24.4 Å². The van der Waals surface area contributed by atoms with Crippen LogP contribution in [0, 0.1) is 0 Å². The molecule has 2 N–H and O–H groups in total. The van der Waals surface area contributed by atoms with E-state index in [9.17, 15) is 4.79 Å². The molecule has 34 heavy (non-hydrogen) atoms. The van der Waals surface area contributed by atoms with Crippen LogP contribution in [-0.4, -0.2) is 47.2 Å². The number of benzene rings is 1. The van der Waals surface area contributed by atoms with Gasteiger partial charge in [-0.15, -0.1) is 0 Å². The predicted octanol–water partition coefficient (Wildman–Crippen LogP) is 3.60. The number of hydrogen-bond acceptors (Lipinski definition) is 7.